The first-order valence-corrected chi connectivity index (χ1v) is 15.2. The van der Waals surface area contributed by atoms with Gasteiger partial charge in [-0.05, 0) is 61.4 Å². The van der Waals surface area contributed by atoms with Crippen molar-refractivity contribution < 1.29 is 28.1 Å². The van der Waals surface area contributed by atoms with Gasteiger partial charge in [0.1, 0.15) is 10.7 Å². The summed E-state index contributed by atoms with van der Waals surface area (Å²) in [6.45, 7) is 2.59. The summed E-state index contributed by atoms with van der Waals surface area (Å²) in [5.74, 6) is 4.89. The minimum absolute atomic E-state index is 0.108. The van der Waals surface area contributed by atoms with Crippen LogP contribution in [0.15, 0.2) is 60.2 Å². The van der Waals surface area contributed by atoms with Gasteiger partial charge in [0.05, 0.1) is 27.4 Å². The van der Waals surface area contributed by atoms with Crippen LogP contribution in [-0.2, 0) is 15.8 Å². The number of piperidine rings is 1. The van der Waals surface area contributed by atoms with Crippen LogP contribution in [0.5, 0.6) is 0 Å². The summed E-state index contributed by atoms with van der Waals surface area (Å²) in [4.78, 5) is 26.4. The zero-order chi connectivity index (χ0) is 31.9. The molecule has 2 aromatic carbocycles. The van der Waals surface area contributed by atoms with Gasteiger partial charge in [-0.2, -0.15) is 13.2 Å². The number of amides is 2. The van der Waals surface area contributed by atoms with Gasteiger partial charge in [-0.15, -0.1) is 11.3 Å². The molecule has 7 nitrogen and oxygen atoms in total. The van der Waals surface area contributed by atoms with Crippen LogP contribution < -0.4 is 16.1 Å². The highest BCUT2D eigenvalue weighted by molar-refractivity contribution is 7.13. The molecule has 0 aliphatic carbocycles. The van der Waals surface area contributed by atoms with E-state index in [2.05, 4.69) is 22.6 Å². The Morgan fingerprint density at radius 3 is 2.36 bits per heavy atom. The van der Waals surface area contributed by atoms with Crippen LogP contribution in [0.4, 0.5) is 18.9 Å². The molecule has 230 valence electrons. The number of alkyl halides is 3. The minimum atomic E-state index is -4.44. The van der Waals surface area contributed by atoms with Crippen LogP contribution in [-0.4, -0.2) is 42.2 Å². The fourth-order valence-corrected chi connectivity index (χ4v) is 5.75. The van der Waals surface area contributed by atoms with Crippen LogP contribution >= 0.6 is 34.5 Å². The third kappa shape index (κ3) is 9.17. The monoisotopic (exact) mass is 662 g/mol. The first-order valence-electron chi connectivity index (χ1n) is 13.6. The minimum Gasteiger partial charge on any atom is -0.352 e. The summed E-state index contributed by atoms with van der Waals surface area (Å²) in [5, 5.41) is 15.9. The van der Waals surface area contributed by atoms with Crippen LogP contribution in [0.1, 0.15) is 47.1 Å². The second-order valence-corrected chi connectivity index (χ2v) is 11.9. The number of benzene rings is 2. The highest BCUT2D eigenvalue weighted by atomic mass is 35.5. The lowest BCUT2D eigenvalue weighted by Crippen LogP contribution is -2.75. The Morgan fingerprint density at radius 1 is 1.02 bits per heavy atom. The quantitative estimate of drug-likeness (QED) is 0.140. The molecule has 5 N–H and O–H groups in total. The van der Waals surface area contributed by atoms with Crippen molar-refractivity contribution in [2.75, 3.05) is 19.6 Å². The standard InChI is InChI=1S/C31H28Cl2F3N5O2S/c1-19(42)38-18-24(28(37)30(43)40-41-15-3-2-4-16-41)29(39-26-13-10-22(32)17-25(26)33)27-14-12-23(44-27)11-7-20-5-8-21(9-6-20)31(34,35)36/h5-6,8-10,12-14,17,37,39H,2-4,15-16,18H2,1H3,(H,38,42)(H,40,43)/p+1/b29-24-,37-28?. The molecule has 0 saturated carbocycles. The average Bonchev–Trinajstić information content (AvgIpc) is 3.45. The summed E-state index contributed by atoms with van der Waals surface area (Å²) in [6.07, 6.45) is -1.50. The number of rotatable bonds is 8. The maximum Gasteiger partial charge on any atom is 0.416 e. The van der Waals surface area contributed by atoms with Gasteiger partial charge in [-0.25, -0.2) is 5.01 Å². The SMILES string of the molecule is CC(=O)NC/C(C(=N)C(=O)NN1CCCCC1)=C(/[NH2+]c1ccc(Cl)cc1Cl)c1ccc(C#Cc2ccc(C(F)(F)F)cc2)s1. The molecule has 0 spiro atoms. The number of hydrogen-bond donors (Lipinski definition) is 4. The first kappa shape index (κ1) is 33.2. The molecular weight excluding hydrogens is 634 g/mol. The largest absolute Gasteiger partial charge is 0.416 e. The summed E-state index contributed by atoms with van der Waals surface area (Å²) < 4.78 is 38.7. The van der Waals surface area contributed by atoms with Crippen molar-refractivity contribution in [3.05, 3.63) is 91.1 Å². The second kappa shape index (κ2) is 14.9. The lowest BCUT2D eigenvalue weighted by Gasteiger charge is -2.27. The van der Waals surface area contributed by atoms with Crippen molar-refractivity contribution in [3.8, 4) is 11.8 Å². The van der Waals surface area contributed by atoms with Gasteiger partial charge in [0.15, 0.2) is 11.4 Å². The van der Waals surface area contributed by atoms with Crippen molar-refractivity contribution in [1.82, 2.24) is 15.8 Å². The Labute approximate surface area is 266 Å². The van der Waals surface area contributed by atoms with Gasteiger partial charge >= 0.3 is 6.18 Å². The van der Waals surface area contributed by atoms with E-state index in [0.717, 1.165) is 31.4 Å². The van der Waals surface area contributed by atoms with Crippen LogP contribution in [0.25, 0.3) is 5.70 Å². The first-order chi connectivity index (χ1) is 20.9. The lowest BCUT2D eigenvalue weighted by atomic mass is 10.1. The number of hydrazine groups is 1. The van der Waals surface area contributed by atoms with Gasteiger partial charge < -0.3 is 5.32 Å². The Kier molecular flexibility index (Phi) is 11.2. The average molecular weight is 664 g/mol. The number of quaternary nitrogens is 1. The fourth-order valence-electron chi connectivity index (χ4n) is 4.38. The third-order valence-electron chi connectivity index (χ3n) is 6.66. The zero-order valence-corrected chi connectivity index (χ0v) is 25.9. The predicted octanol–water partition coefficient (Wildman–Crippen LogP) is 5.75. The van der Waals surface area contributed by atoms with Crippen molar-refractivity contribution in [1.29, 1.82) is 5.41 Å². The molecule has 1 saturated heterocycles. The summed E-state index contributed by atoms with van der Waals surface area (Å²) in [7, 11) is 0. The van der Waals surface area contributed by atoms with Gasteiger partial charge in [0.2, 0.25) is 5.91 Å². The van der Waals surface area contributed by atoms with E-state index < -0.39 is 17.6 Å². The molecule has 1 aliphatic heterocycles. The molecule has 4 rings (SSSR count). The van der Waals surface area contributed by atoms with E-state index in [1.165, 1.54) is 30.4 Å². The zero-order valence-electron chi connectivity index (χ0n) is 23.6. The Balaban J connectivity index is 1.73. The molecule has 3 aromatic rings. The highest BCUT2D eigenvalue weighted by Crippen LogP contribution is 2.29. The number of nitrogens with two attached hydrogens (primary N) is 1. The van der Waals surface area contributed by atoms with Crippen LogP contribution in [0.3, 0.4) is 0 Å². The maximum absolute atomic E-state index is 13.3. The number of carbonyl (C=O) groups excluding carboxylic acids is 2. The van der Waals surface area contributed by atoms with E-state index in [1.807, 2.05) is 0 Å². The molecule has 13 heteroatoms. The van der Waals surface area contributed by atoms with Gasteiger partial charge in [-0.1, -0.05) is 41.5 Å². The van der Waals surface area contributed by atoms with Gasteiger partial charge in [0, 0.05) is 36.7 Å². The molecule has 0 bridgehead atoms. The summed E-state index contributed by atoms with van der Waals surface area (Å²) in [6, 6.07) is 13.0. The summed E-state index contributed by atoms with van der Waals surface area (Å²) in [5.41, 5.74) is 3.42. The Bertz CT molecular complexity index is 1640. The Hall–Kier alpha value is -3.66. The molecule has 1 aromatic heterocycles. The molecule has 0 radical (unpaired) electrons. The number of nitrogens with zero attached hydrogens (tertiary/aromatic N) is 1. The third-order valence-corrected chi connectivity index (χ3v) is 8.26. The van der Waals surface area contributed by atoms with Crippen molar-refractivity contribution >= 4 is 63.4 Å². The van der Waals surface area contributed by atoms with Crippen molar-refractivity contribution in [2.45, 2.75) is 32.4 Å². The lowest BCUT2D eigenvalue weighted by molar-refractivity contribution is -0.469. The molecule has 2 amide bonds. The Morgan fingerprint density at radius 2 is 1.73 bits per heavy atom. The van der Waals surface area contributed by atoms with E-state index in [0.29, 0.717) is 49.8 Å². The number of carbonyl (C=O) groups is 2. The van der Waals surface area contributed by atoms with E-state index >= 15 is 0 Å². The van der Waals surface area contributed by atoms with E-state index in [-0.39, 0.29) is 23.7 Å². The maximum atomic E-state index is 13.3. The molecule has 1 fully saturated rings. The second-order valence-electron chi connectivity index (χ2n) is 9.96. The number of thiophene rings is 1. The topological polar surface area (TPSA) is 102 Å². The normalized spacial score (nSPS) is 14.2. The van der Waals surface area contributed by atoms with Crippen LogP contribution in [0, 0.1) is 17.3 Å². The predicted molar refractivity (Wildman–Crippen MR) is 167 cm³/mol. The van der Waals surface area contributed by atoms with Crippen molar-refractivity contribution in [2.24, 2.45) is 0 Å². The van der Waals surface area contributed by atoms with Gasteiger partial charge in [0.25, 0.3) is 5.91 Å². The summed E-state index contributed by atoms with van der Waals surface area (Å²) >= 11 is 13.9. The molecule has 44 heavy (non-hydrogen) atoms. The van der Waals surface area contributed by atoms with E-state index in [1.54, 1.807) is 40.7 Å². The molecule has 0 unspecified atom stereocenters. The molecule has 1 aliphatic rings. The van der Waals surface area contributed by atoms with E-state index in [9.17, 15) is 22.8 Å². The number of hydrogen-bond acceptors (Lipinski definition) is 5. The number of halogens is 5. The van der Waals surface area contributed by atoms with Gasteiger partial charge in [-0.3, -0.25) is 25.7 Å². The molecule has 0 atom stereocenters. The molecular formula is C31H29Cl2F3N5O2S+. The van der Waals surface area contributed by atoms with E-state index in [4.69, 9.17) is 28.6 Å². The van der Waals surface area contributed by atoms with Crippen LogP contribution in [0.2, 0.25) is 10.0 Å². The highest BCUT2D eigenvalue weighted by Gasteiger charge is 2.30. The molecule has 2 heterocycles. The van der Waals surface area contributed by atoms with Crippen molar-refractivity contribution in [3.63, 3.8) is 0 Å². The number of nitrogens with one attached hydrogen (secondary N) is 3. The smallest absolute Gasteiger partial charge is 0.352 e. The fraction of sp³-hybridized carbons (Fsp3) is 0.258.